The molecule has 122 valence electrons. The summed E-state index contributed by atoms with van der Waals surface area (Å²) in [6.45, 7) is 4.81. The number of rotatable bonds is 4. The molecule has 0 amide bonds. The van der Waals surface area contributed by atoms with Gasteiger partial charge in [0.25, 0.3) is 5.89 Å². The van der Waals surface area contributed by atoms with Crippen LogP contribution in [-0.2, 0) is 6.54 Å². The molecule has 0 atom stereocenters. The molecule has 2 heterocycles. The van der Waals surface area contributed by atoms with Gasteiger partial charge in [0.1, 0.15) is 5.75 Å². The average Bonchev–Trinajstić information content (AvgIpc) is 2.97. The van der Waals surface area contributed by atoms with Gasteiger partial charge in [0, 0.05) is 31.7 Å². The van der Waals surface area contributed by atoms with Crippen LogP contribution in [0.2, 0.25) is 0 Å². The first-order valence-electron chi connectivity index (χ1n) is 6.75. The lowest BCUT2D eigenvalue weighted by Crippen LogP contribution is -2.43. The SMILES string of the molecule is COc1ccc(-c2nc(CN3CCNCC3)no2)cc1.Cl.Cl. The van der Waals surface area contributed by atoms with E-state index in [2.05, 4.69) is 20.4 Å². The Hall–Kier alpha value is -1.34. The van der Waals surface area contributed by atoms with E-state index in [9.17, 15) is 0 Å². The van der Waals surface area contributed by atoms with Gasteiger partial charge in [-0.2, -0.15) is 4.98 Å². The van der Waals surface area contributed by atoms with Crippen LogP contribution in [0.4, 0.5) is 0 Å². The molecule has 6 nitrogen and oxygen atoms in total. The summed E-state index contributed by atoms with van der Waals surface area (Å²) in [5, 5.41) is 7.37. The van der Waals surface area contributed by atoms with Crippen molar-refractivity contribution in [2.24, 2.45) is 0 Å². The number of halogens is 2. The molecule has 1 aromatic heterocycles. The fourth-order valence-electron chi connectivity index (χ4n) is 2.24. The molecule has 8 heteroatoms. The molecule has 1 aliphatic heterocycles. The summed E-state index contributed by atoms with van der Waals surface area (Å²) < 4.78 is 10.5. The van der Waals surface area contributed by atoms with Crippen LogP contribution in [0, 0.1) is 0 Å². The highest BCUT2D eigenvalue weighted by atomic mass is 35.5. The van der Waals surface area contributed by atoms with Crippen molar-refractivity contribution in [3.05, 3.63) is 30.1 Å². The zero-order valence-electron chi connectivity index (χ0n) is 12.3. The molecule has 0 radical (unpaired) electrons. The van der Waals surface area contributed by atoms with E-state index in [1.54, 1.807) is 7.11 Å². The summed E-state index contributed by atoms with van der Waals surface area (Å²) in [6, 6.07) is 7.60. The van der Waals surface area contributed by atoms with E-state index in [0.29, 0.717) is 5.89 Å². The third-order valence-corrected chi connectivity index (χ3v) is 3.38. The van der Waals surface area contributed by atoms with E-state index >= 15 is 0 Å². The van der Waals surface area contributed by atoms with Crippen molar-refractivity contribution in [3.8, 4) is 17.2 Å². The second-order valence-corrected chi connectivity index (χ2v) is 4.77. The van der Waals surface area contributed by atoms with Crippen molar-refractivity contribution in [1.82, 2.24) is 20.4 Å². The zero-order valence-corrected chi connectivity index (χ0v) is 14.0. The van der Waals surface area contributed by atoms with Crippen LogP contribution >= 0.6 is 24.8 Å². The van der Waals surface area contributed by atoms with E-state index in [4.69, 9.17) is 9.26 Å². The standard InChI is InChI=1S/C14H18N4O2.2ClH/c1-19-12-4-2-11(3-5-12)14-16-13(17-20-14)10-18-8-6-15-7-9-18;;/h2-5,15H,6-10H2,1H3;2*1H. The highest BCUT2D eigenvalue weighted by Gasteiger charge is 2.14. The maximum absolute atomic E-state index is 5.32. The van der Waals surface area contributed by atoms with Crippen LogP contribution < -0.4 is 10.1 Å². The van der Waals surface area contributed by atoms with Crippen molar-refractivity contribution in [2.75, 3.05) is 33.3 Å². The Morgan fingerprint density at radius 1 is 1.18 bits per heavy atom. The van der Waals surface area contributed by atoms with Gasteiger partial charge in [-0.25, -0.2) is 0 Å². The second kappa shape index (κ2) is 8.95. The minimum atomic E-state index is 0. The lowest BCUT2D eigenvalue weighted by Gasteiger charge is -2.25. The first kappa shape index (κ1) is 18.7. The Balaban J connectivity index is 0.00000121. The van der Waals surface area contributed by atoms with Gasteiger partial charge in [0.2, 0.25) is 0 Å². The Bertz CT molecular complexity index is 556. The summed E-state index contributed by atoms with van der Waals surface area (Å²) in [4.78, 5) is 6.77. The number of nitrogens with zero attached hydrogens (tertiary/aromatic N) is 3. The molecule has 2 aromatic rings. The molecular formula is C14H20Cl2N4O2. The predicted octanol–water partition coefficient (Wildman–Crippen LogP) is 1.99. The number of nitrogens with one attached hydrogen (secondary N) is 1. The highest BCUT2D eigenvalue weighted by molar-refractivity contribution is 5.85. The number of benzene rings is 1. The van der Waals surface area contributed by atoms with Crippen LogP contribution in [0.5, 0.6) is 5.75 Å². The fourth-order valence-corrected chi connectivity index (χ4v) is 2.24. The summed E-state index contributed by atoms with van der Waals surface area (Å²) in [7, 11) is 1.65. The summed E-state index contributed by atoms with van der Waals surface area (Å²) >= 11 is 0. The number of hydrogen-bond donors (Lipinski definition) is 1. The van der Waals surface area contributed by atoms with Crippen molar-refractivity contribution in [2.45, 2.75) is 6.54 Å². The highest BCUT2D eigenvalue weighted by Crippen LogP contribution is 2.20. The second-order valence-electron chi connectivity index (χ2n) is 4.77. The van der Waals surface area contributed by atoms with E-state index in [1.165, 1.54) is 0 Å². The first-order valence-corrected chi connectivity index (χ1v) is 6.75. The molecule has 0 saturated carbocycles. The van der Waals surface area contributed by atoms with E-state index in [1.807, 2.05) is 24.3 Å². The zero-order chi connectivity index (χ0) is 13.8. The molecular weight excluding hydrogens is 327 g/mol. The molecule has 1 saturated heterocycles. The minimum Gasteiger partial charge on any atom is -0.497 e. The van der Waals surface area contributed by atoms with Gasteiger partial charge in [-0.15, -0.1) is 24.8 Å². The topological polar surface area (TPSA) is 63.4 Å². The van der Waals surface area contributed by atoms with Gasteiger partial charge < -0.3 is 14.6 Å². The van der Waals surface area contributed by atoms with Crippen LogP contribution in [-0.4, -0.2) is 48.3 Å². The molecule has 0 spiro atoms. The Kier molecular flexibility index (Phi) is 7.61. The average molecular weight is 347 g/mol. The van der Waals surface area contributed by atoms with Gasteiger partial charge in [-0.3, -0.25) is 4.90 Å². The molecule has 0 unspecified atom stereocenters. The van der Waals surface area contributed by atoms with E-state index in [0.717, 1.165) is 49.9 Å². The van der Waals surface area contributed by atoms with Crippen LogP contribution in [0.25, 0.3) is 11.5 Å². The predicted molar refractivity (Wildman–Crippen MR) is 88.9 cm³/mol. The number of hydrogen-bond acceptors (Lipinski definition) is 6. The lowest BCUT2D eigenvalue weighted by atomic mass is 10.2. The smallest absolute Gasteiger partial charge is 0.257 e. The van der Waals surface area contributed by atoms with Gasteiger partial charge in [0.15, 0.2) is 5.82 Å². The number of aromatic nitrogens is 2. The third kappa shape index (κ3) is 4.58. The minimum absolute atomic E-state index is 0. The van der Waals surface area contributed by atoms with Crippen molar-refractivity contribution < 1.29 is 9.26 Å². The van der Waals surface area contributed by atoms with Crippen LogP contribution in [0.3, 0.4) is 0 Å². The molecule has 3 rings (SSSR count). The van der Waals surface area contributed by atoms with Crippen molar-refractivity contribution >= 4 is 24.8 Å². The van der Waals surface area contributed by atoms with Gasteiger partial charge in [-0.1, -0.05) is 5.16 Å². The normalized spacial score (nSPS) is 14.8. The lowest BCUT2D eigenvalue weighted by molar-refractivity contribution is 0.225. The molecule has 0 bridgehead atoms. The monoisotopic (exact) mass is 346 g/mol. The van der Waals surface area contributed by atoms with Crippen LogP contribution in [0.1, 0.15) is 5.82 Å². The first-order chi connectivity index (χ1) is 9.85. The number of piperazine rings is 1. The van der Waals surface area contributed by atoms with Gasteiger partial charge in [-0.05, 0) is 24.3 Å². The Morgan fingerprint density at radius 2 is 1.86 bits per heavy atom. The molecule has 22 heavy (non-hydrogen) atoms. The van der Waals surface area contributed by atoms with Gasteiger partial charge in [0.05, 0.1) is 13.7 Å². The van der Waals surface area contributed by atoms with Crippen LogP contribution in [0.15, 0.2) is 28.8 Å². The summed E-state index contributed by atoms with van der Waals surface area (Å²) in [5.41, 5.74) is 0.907. The Morgan fingerprint density at radius 3 is 2.50 bits per heavy atom. The Labute approximate surface area is 142 Å². The van der Waals surface area contributed by atoms with E-state index in [-0.39, 0.29) is 24.8 Å². The number of methoxy groups -OCH3 is 1. The van der Waals surface area contributed by atoms with E-state index < -0.39 is 0 Å². The molecule has 1 aliphatic rings. The largest absolute Gasteiger partial charge is 0.497 e. The summed E-state index contributed by atoms with van der Waals surface area (Å²) in [6.07, 6.45) is 0. The third-order valence-electron chi connectivity index (χ3n) is 3.38. The quantitative estimate of drug-likeness (QED) is 0.913. The summed E-state index contributed by atoms with van der Waals surface area (Å²) in [5.74, 6) is 2.10. The number of ether oxygens (including phenoxy) is 1. The molecule has 1 aromatic carbocycles. The molecule has 0 aliphatic carbocycles. The van der Waals surface area contributed by atoms with Gasteiger partial charge >= 0.3 is 0 Å². The maximum atomic E-state index is 5.32. The molecule has 1 N–H and O–H groups in total. The molecule has 1 fully saturated rings. The maximum Gasteiger partial charge on any atom is 0.257 e. The van der Waals surface area contributed by atoms with Crippen molar-refractivity contribution in [1.29, 1.82) is 0 Å². The van der Waals surface area contributed by atoms with Crippen molar-refractivity contribution in [3.63, 3.8) is 0 Å². The fraction of sp³-hybridized carbons (Fsp3) is 0.429.